The van der Waals surface area contributed by atoms with E-state index in [4.69, 9.17) is 4.74 Å². The van der Waals surface area contributed by atoms with Crippen LogP contribution in [-0.2, 0) is 16.0 Å². The van der Waals surface area contributed by atoms with Crippen molar-refractivity contribution in [3.8, 4) is 0 Å². The molecule has 1 amide bonds. The van der Waals surface area contributed by atoms with Crippen LogP contribution in [0.2, 0.25) is 0 Å². The largest absolute Gasteiger partial charge is 0.451 e. The third kappa shape index (κ3) is 3.62. The van der Waals surface area contributed by atoms with Crippen molar-refractivity contribution in [1.82, 2.24) is 0 Å². The monoisotopic (exact) mass is 392 g/mol. The summed E-state index contributed by atoms with van der Waals surface area (Å²) < 4.78 is 5.40. The van der Waals surface area contributed by atoms with Crippen molar-refractivity contribution < 1.29 is 19.1 Å². The van der Waals surface area contributed by atoms with Gasteiger partial charge in [0.2, 0.25) is 11.7 Å². The van der Waals surface area contributed by atoms with E-state index in [2.05, 4.69) is 10.2 Å². The molecular formula is C23H24N2O4. The number of nitrogens with zero attached hydrogens (tertiary/aromatic N) is 1. The fourth-order valence-corrected chi connectivity index (χ4v) is 3.98. The summed E-state index contributed by atoms with van der Waals surface area (Å²) in [6, 6.07) is 12.3. The molecule has 0 aliphatic carbocycles. The van der Waals surface area contributed by atoms with E-state index < -0.39 is 12.1 Å². The Morgan fingerprint density at radius 2 is 1.90 bits per heavy atom. The Balaban J connectivity index is 1.47. The number of hydrogen-bond donors (Lipinski definition) is 1. The Morgan fingerprint density at radius 3 is 2.62 bits per heavy atom. The van der Waals surface area contributed by atoms with Crippen LogP contribution in [0.1, 0.15) is 53.0 Å². The van der Waals surface area contributed by atoms with Gasteiger partial charge in [-0.05, 0) is 49.9 Å². The van der Waals surface area contributed by atoms with Crippen molar-refractivity contribution in [1.29, 1.82) is 0 Å². The molecule has 2 aromatic rings. The number of hydrogen-bond acceptors (Lipinski definition) is 5. The highest BCUT2D eigenvalue weighted by atomic mass is 16.5. The zero-order chi connectivity index (χ0) is 20.5. The molecule has 0 saturated carbocycles. The molecule has 6 heteroatoms. The second-order valence-corrected chi connectivity index (χ2v) is 7.53. The zero-order valence-electron chi connectivity index (χ0n) is 16.6. The molecule has 150 valence electrons. The summed E-state index contributed by atoms with van der Waals surface area (Å²) in [7, 11) is 0. The lowest BCUT2D eigenvalue weighted by Crippen LogP contribution is -2.43. The molecule has 2 heterocycles. The van der Waals surface area contributed by atoms with Crippen molar-refractivity contribution in [2.45, 2.75) is 45.3 Å². The van der Waals surface area contributed by atoms with E-state index >= 15 is 0 Å². The summed E-state index contributed by atoms with van der Waals surface area (Å²) in [5, 5.41) is 2.88. The number of carbonyl (C=O) groups excluding carboxylic acids is 3. The molecule has 6 nitrogen and oxygen atoms in total. The second-order valence-electron chi connectivity index (χ2n) is 7.53. The van der Waals surface area contributed by atoms with E-state index in [0.717, 1.165) is 37.1 Å². The van der Waals surface area contributed by atoms with Crippen LogP contribution in [0.15, 0.2) is 42.5 Å². The molecule has 1 saturated heterocycles. The van der Waals surface area contributed by atoms with Crippen LogP contribution in [0.25, 0.3) is 0 Å². The number of carbonyl (C=O) groups is 3. The number of amides is 1. The first-order valence-electron chi connectivity index (χ1n) is 10.0. The van der Waals surface area contributed by atoms with E-state index in [1.54, 1.807) is 31.2 Å². The molecule has 29 heavy (non-hydrogen) atoms. The predicted octanol–water partition coefficient (Wildman–Crippen LogP) is 3.60. The highest BCUT2D eigenvalue weighted by Crippen LogP contribution is 2.37. The molecular weight excluding hydrogens is 368 g/mol. The second kappa shape index (κ2) is 7.70. The van der Waals surface area contributed by atoms with E-state index in [-0.39, 0.29) is 17.7 Å². The first-order valence-corrected chi connectivity index (χ1v) is 10.0. The molecule has 0 radical (unpaired) electrons. The molecule has 2 aromatic carbocycles. The van der Waals surface area contributed by atoms with Gasteiger partial charge in [-0.25, -0.2) is 4.79 Å². The van der Waals surface area contributed by atoms with Gasteiger partial charge >= 0.3 is 5.97 Å². The molecule has 2 atom stereocenters. The van der Waals surface area contributed by atoms with Crippen molar-refractivity contribution >= 4 is 29.0 Å². The highest BCUT2D eigenvalue weighted by molar-refractivity contribution is 6.06. The Kier molecular flexibility index (Phi) is 5.09. The van der Waals surface area contributed by atoms with Crippen LogP contribution in [-0.4, -0.2) is 36.4 Å². The Labute approximate surface area is 169 Å². The van der Waals surface area contributed by atoms with Crippen LogP contribution < -0.4 is 10.2 Å². The maximum absolute atomic E-state index is 12.6. The van der Waals surface area contributed by atoms with Crippen LogP contribution in [0.5, 0.6) is 0 Å². The van der Waals surface area contributed by atoms with E-state index in [0.29, 0.717) is 16.8 Å². The topological polar surface area (TPSA) is 75.7 Å². The number of ether oxygens (including phenoxy) is 1. The van der Waals surface area contributed by atoms with E-state index in [9.17, 15) is 14.4 Å². The van der Waals surface area contributed by atoms with Gasteiger partial charge < -0.3 is 15.0 Å². The van der Waals surface area contributed by atoms with Crippen LogP contribution in [0.3, 0.4) is 0 Å². The number of aryl methyl sites for hydroxylation is 1. The highest BCUT2D eigenvalue weighted by Gasteiger charge is 2.36. The molecule has 1 fully saturated rings. The van der Waals surface area contributed by atoms with Gasteiger partial charge in [-0.15, -0.1) is 0 Å². The first-order chi connectivity index (χ1) is 14.0. The lowest BCUT2D eigenvalue weighted by Gasteiger charge is -2.33. The number of esters is 1. The fourth-order valence-electron chi connectivity index (χ4n) is 3.98. The summed E-state index contributed by atoms with van der Waals surface area (Å²) >= 11 is 0. The van der Waals surface area contributed by atoms with Gasteiger partial charge in [0.15, 0.2) is 6.10 Å². The number of Topliss-reactive ketones (excluding diaryl/α,β-unsaturated/α-hetero) is 1. The zero-order valence-corrected chi connectivity index (χ0v) is 16.6. The average Bonchev–Trinajstić information content (AvgIpc) is 3.23. The normalized spacial score (nSPS) is 18.5. The summed E-state index contributed by atoms with van der Waals surface area (Å²) in [6.45, 7) is 4.45. The Hall–Kier alpha value is -3.15. The van der Waals surface area contributed by atoms with Gasteiger partial charge in [0.05, 0.1) is 16.9 Å². The predicted molar refractivity (Wildman–Crippen MR) is 110 cm³/mol. The van der Waals surface area contributed by atoms with Crippen molar-refractivity contribution in [2.75, 3.05) is 16.8 Å². The van der Waals surface area contributed by atoms with Gasteiger partial charge in [-0.1, -0.05) is 31.2 Å². The molecule has 2 aliphatic heterocycles. The maximum Gasteiger partial charge on any atom is 0.338 e. The summed E-state index contributed by atoms with van der Waals surface area (Å²) in [6.07, 6.45) is 1.81. The molecule has 4 rings (SSSR count). The SMILES string of the molecule is CCc1ccc(C(=O)[C@H](C)OC(=O)c2ccc3c(c2)NC(=O)[C@H]2CCCN32)cc1. The Bertz CT molecular complexity index is 967. The molecule has 0 aromatic heterocycles. The molecule has 2 aliphatic rings. The quantitative estimate of drug-likeness (QED) is 0.622. The molecule has 0 bridgehead atoms. The van der Waals surface area contributed by atoms with Crippen molar-refractivity contribution in [3.05, 3.63) is 59.2 Å². The van der Waals surface area contributed by atoms with Gasteiger partial charge in [0, 0.05) is 12.1 Å². The third-order valence-corrected chi connectivity index (χ3v) is 5.65. The molecule has 0 unspecified atom stereocenters. The summed E-state index contributed by atoms with van der Waals surface area (Å²) in [5.74, 6) is -0.872. The van der Waals surface area contributed by atoms with Crippen LogP contribution >= 0.6 is 0 Å². The maximum atomic E-state index is 12.6. The summed E-state index contributed by atoms with van der Waals surface area (Å²) in [5.41, 5.74) is 3.49. The number of fused-ring (bicyclic) bond motifs is 3. The third-order valence-electron chi connectivity index (χ3n) is 5.65. The van der Waals surface area contributed by atoms with Crippen LogP contribution in [0, 0.1) is 0 Å². The van der Waals surface area contributed by atoms with Crippen molar-refractivity contribution in [2.24, 2.45) is 0 Å². The standard InChI is InChI=1S/C23H24N2O4/c1-3-15-6-8-16(9-7-15)21(26)14(2)29-23(28)17-10-11-19-18(13-17)24-22(27)20-5-4-12-25(19)20/h6-11,13-14,20H,3-5,12H2,1-2H3,(H,24,27)/t14-,20+/m0/s1. The van der Waals surface area contributed by atoms with E-state index in [1.165, 1.54) is 0 Å². The summed E-state index contributed by atoms with van der Waals surface area (Å²) in [4.78, 5) is 39.5. The molecule has 1 N–H and O–H groups in total. The Morgan fingerprint density at radius 1 is 1.17 bits per heavy atom. The lowest BCUT2D eigenvalue weighted by molar-refractivity contribution is -0.117. The van der Waals surface area contributed by atoms with Gasteiger partial charge in [0.25, 0.3) is 0 Å². The number of ketones is 1. The lowest BCUT2D eigenvalue weighted by atomic mass is 10.0. The number of benzene rings is 2. The van der Waals surface area contributed by atoms with Gasteiger partial charge in [-0.2, -0.15) is 0 Å². The minimum atomic E-state index is -0.899. The minimum absolute atomic E-state index is 0.0420. The fraction of sp³-hybridized carbons (Fsp3) is 0.348. The van der Waals surface area contributed by atoms with Gasteiger partial charge in [-0.3, -0.25) is 9.59 Å². The smallest absolute Gasteiger partial charge is 0.338 e. The number of anilines is 2. The number of nitrogens with one attached hydrogen (secondary N) is 1. The van der Waals surface area contributed by atoms with E-state index in [1.807, 2.05) is 25.1 Å². The minimum Gasteiger partial charge on any atom is -0.451 e. The average molecular weight is 392 g/mol. The molecule has 0 spiro atoms. The van der Waals surface area contributed by atoms with Gasteiger partial charge in [0.1, 0.15) is 6.04 Å². The van der Waals surface area contributed by atoms with Crippen molar-refractivity contribution in [3.63, 3.8) is 0 Å². The first kappa shape index (κ1) is 19.2. The van der Waals surface area contributed by atoms with Crippen LogP contribution in [0.4, 0.5) is 11.4 Å². The number of rotatable bonds is 5.